The van der Waals surface area contributed by atoms with Crippen LogP contribution >= 0.6 is 11.3 Å². The summed E-state index contributed by atoms with van der Waals surface area (Å²) in [6, 6.07) is 2.88. The van der Waals surface area contributed by atoms with Crippen LogP contribution in [0.15, 0.2) is 29.4 Å². The van der Waals surface area contributed by atoms with Crippen molar-refractivity contribution in [2.75, 3.05) is 13.2 Å². The molecular weight excluding hydrogens is 429 g/mol. The number of amides is 1. The quantitative estimate of drug-likeness (QED) is 0.623. The molecule has 1 aliphatic rings. The summed E-state index contributed by atoms with van der Waals surface area (Å²) in [6.45, 7) is 9.34. The lowest BCUT2D eigenvalue weighted by atomic mass is 9.95. The number of carbonyl (C=O) groups is 1. The first-order chi connectivity index (χ1) is 14.5. The lowest BCUT2D eigenvalue weighted by Crippen LogP contribution is -2.23. The van der Waals surface area contributed by atoms with Gasteiger partial charge in [0.2, 0.25) is 0 Å². The molecule has 1 aromatic heterocycles. The van der Waals surface area contributed by atoms with E-state index < -0.39 is 17.6 Å². The smallest absolute Gasteiger partial charge is 0.416 e. The number of halogens is 3. The Kier molecular flexibility index (Phi) is 6.95. The predicted octanol–water partition coefficient (Wildman–Crippen LogP) is 5.18. The fraction of sp³-hybridized carbons (Fsp3) is 0.545. The van der Waals surface area contributed by atoms with Crippen LogP contribution in [0.3, 0.4) is 0 Å². The summed E-state index contributed by atoms with van der Waals surface area (Å²) in [5.74, 6) is -0.680. The molecule has 0 radical (unpaired) electrons. The van der Waals surface area contributed by atoms with Crippen LogP contribution in [-0.4, -0.2) is 29.8 Å². The van der Waals surface area contributed by atoms with Crippen molar-refractivity contribution in [3.05, 3.63) is 45.2 Å². The first kappa shape index (κ1) is 23.5. The highest BCUT2D eigenvalue weighted by molar-refractivity contribution is 7.09. The maximum Gasteiger partial charge on any atom is 0.416 e. The molecule has 0 N–H and O–H groups in total. The molecule has 1 atom stereocenters. The number of thiazole rings is 1. The van der Waals surface area contributed by atoms with Crippen LogP contribution in [0.25, 0.3) is 0 Å². The molecule has 1 aromatic carbocycles. The van der Waals surface area contributed by atoms with Crippen LogP contribution in [0.5, 0.6) is 5.75 Å². The fourth-order valence-electron chi connectivity index (χ4n) is 3.25. The monoisotopic (exact) mass is 456 g/mol. The Balaban J connectivity index is 2.05. The third kappa shape index (κ3) is 5.77. The minimum atomic E-state index is -4.57. The summed E-state index contributed by atoms with van der Waals surface area (Å²) < 4.78 is 52.6. The number of hydrogen-bond donors (Lipinski definition) is 0. The minimum absolute atomic E-state index is 0.0315. The van der Waals surface area contributed by atoms with Crippen LogP contribution < -0.4 is 9.54 Å². The Morgan fingerprint density at radius 1 is 1.32 bits per heavy atom. The van der Waals surface area contributed by atoms with Gasteiger partial charge in [0.1, 0.15) is 5.75 Å². The van der Waals surface area contributed by atoms with Gasteiger partial charge in [0.05, 0.1) is 30.4 Å². The van der Waals surface area contributed by atoms with Gasteiger partial charge in [-0.15, -0.1) is 11.3 Å². The molecule has 3 rings (SSSR count). The lowest BCUT2D eigenvalue weighted by Gasteiger charge is -2.15. The third-order valence-electron chi connectivity index (χ3n) is 4.92. The van der Waals surface area contributed by atoms with Gasteiger partial charge in [-0.25, -0.2) is 0 Å². The number of aromatic nitrogens is 1. The number of alkyl halides is 3. The summed E-state index contributed by atoms with van der Waals surface area (Å²) in [6.07, 6.45) is -0.683. The summed E-state index contributed by atoms with van der Waals surface area (Å²) in [5, 5.41) is 0. The van der Waals surface area contributed by atoms with E-state index in [1.54, 1.807) is 6.92 Å². The Morgan fingerprint density at radius 3 is 2.65 bits per heavy atom. The average Bonchev–Trinajstić information content (AvgIpc) is 3.32. The predicted molar refractivity (Wildman–Crippen MR) is 112 cm³/mol. The van der Waals surface area contributed by atoms with Crippen molar-refractivity contribution in [1.29, 1.82) is 0 Å². The molecule has 0 bridgehead atoms. The van der Waals surface area contributed by atoms with Crippen LogP contribution in [0.4, 0.5) is 13.2 Å². The molecule has 1 saturated heterocycles. The van der Waals surface area contributed by atoms with Crippen molar-refractivity contribution in [3.8, 4) is 5.75 Å². The van der Waals surface area contributed by atoms with Gasteiger partial charge in [-0.05, 0) is 43.4 Å². The van der Waals surface area contributed by atoms with Crippen molar-refractivity contribution < 1.29 is 27.4 Å². The van der Waals surface area contributed by atoms with E-state index in [0.717, 1.165) is 29.9 Å². The maximum absolute atomic E-state index is 13.2. The van der Waals surface area contributed by atoms with E-state index in [1.807, 2.05) is 10.8 Å². The molecule has 0 aliphatic carbocycles. The number of nitrogens with zero attached hydrogens (tertiary/aromatic N) is 2. The number of rotatable bonds is 5. The molecule has 31 heavy (non-hydrogen) atoms. The second-order valence-corrected chi connectivity index (χ2v) is 9.48. The molecule has 170 valence electrons. The van der Waals surface area contributed by atoms with E-state index in [0.29, 0.717) is 18.0 Å². The van der Waals surface area contributed by atoms with Crippen molar-refractivity contribution in [1.82, 2.24) is 4.57 Å². The Morgan fingerprint density at radius 2 is 2.06 bits per heavy atom. The minimum Gasteiger partial charge on any atom is -0.493 e. The molecule has 0 spiro atoms. The van der Waals surface area contributed by atoms with Crippen LogP contribution in [-0.2, 0) is 22.9 Å². The van der Waals surface area contributed by atoms with E-state index in [-0.39, 0.29) is 29.4 Å². The first-order valence-corrected chi connectivity index (χ1v) is 11.1. The highest BCUT2D eigenvalue weighted by atomic mass is 32.1. The van der Waals surface area contributed by atoms with Crippen molar-refractivity contribution >= 4 is 17.2 Å². The largest absolute Gasteiger partial charge is 0.493 e. The second kappa shape index (κ2) is 9.16. The van der Waals surface area contributed by atoms with E-state index in [4.69, 9.17) is 9.47 Å². The Bertz CT molecular complexity index is 997. The Labute approximate surface area is 183 Å². The number of hydrogen-bond acceptors (Lipinski definition) is 4. The van der Waals surface area contributed by atoms with Gasteiger partial charge in [0.15, 0.2) is 4.80 Å². The molecule has 9 heteroatoms. The van der Waals surface area contributed by atoms with Crippen LogP contribution in [0, 0.1) is 0 Å². The SMILES string of the molecule is CCOc1ccc(C(F)(F)F)cc1C(=O)N=c1sc(C(C)(C)C)cn1C[C@H]1CCCO1. The highest BCUT2D eigenvalue weighted by Gasteiger charge is 2.32. The summed E-state index contributed by atoms with van der Waals surface area (Å²) in [5.41, 5.74) is -1.28. The number of benzene rings is 1. The normalized spacial score (nSPS) is 17.9. The van der Waals surface area contributed by atoms with Crippen molar-refractivity contribution in [2.24, 2.45) is 4.99 Å². The molecular formula is C22H27F3N2O3S. The van der Waals surface area contributed by atoms with Gasteiger partial charge < -0.3 is 14.0 Å². The van der Waals surface area contributed by atoms with Gasteiger partial charge in [0.25, 0.3) is 5.91 Å². The summed E-state index contributed by atoms with van der Waals surface area (Å²) >= 11 is 1.36. The summed E-state index contributed by atoms with van der Waals surface area (Å²) in [7, 11) is 0. The third-order valence-corrected chi connectivity index (χ3v) is 6.36. The first-order valence-electron chi connectivity index (χ1n) is 10.2. The second-order valence-electron chi connectivity index (χ2n) is 8.47. The van der Waals surface area contributed by atoms with Crippen LogP contribution in [0.1, 0.15) is 61.3 Å². The number of carbonyl (C=O) groups excluding carboxylic acids is 1. The van der Waals surface area contributed by atoms with E-state index >= 15 is 0 Å². The van der Waals surface area contributed by atoms with Gasteiger partial charge in [-0.2, -0.15) is 18.2 Å². The van der Waals surface area contributed by atoms with Gasteiger partial charge in [0, 0.05) is 17.7 Å². The molecule has 5 nitrogen and oxygen atoms in total. The molecule has 0 unspecified atom stereocenters. The van der Waals surface area contributed by atoms with Gasteiger partial charge in [-0.3, -0.25) is 4.79 Å². The fourth-order valence-corrected chi connectivity index (χ4v) is 4.31. The zero-order chi connectivity index (χ0) is 22.8. The van der Waals surface area contributed by atoms with E-state index in [1.165, 1.54) is 17.4 Å². The van der Waals surface area contributed by atoms with Crippen LogP contribution in [0.2, 0.25) is 0 Å². The highest BCUT2D eigenvalue weighted by Crippen LogP contribution is 2.33. The van der Waals surface area contributed by atoms with E-state index in [9.17, 15) is 18.0 Å². The molecule has 1 aliphatic heterocycles. The average molecular weight is 457 g/mol. The van der Waals surface area contributed by atoms with Gasteiger partial charge >= 0.3 is 6.18 Å². The number of ether oxygens (including phenoxy) is 2. The standard InChI is InChI=1S/C22H27F3N2O3S/c1-5-29-17-9-8-14(22(23,24)25)11-16(17)19(28)26-20-27(12-15-7-6-10-30-15)13-18(31-20)21(2,3)4/h8-9,11,13,15H,5-7,10,12H2,1-4H3/t15-/m1/s1. The molecule has 1 amide bonds. The lowest BCUT2D eigenvalue weighted by molar-refractivity contribution is -0.137. The van der Waals surface area contributed by atoms with Crippen molar-refractivity contribution in [2.45, 2.75) is 64.8 Å². The zero-order valence-electron chi connectivity index (χ0n) is 18.1. The molecule has 2 aromatic rings. The maximum atomic E-state index is 13.2. The molecule has 0 saturated carbocycles. The molecule has 1 fully saturated rings. The topological polar surface area (TPSA) is 52.8 Å². The van der Waals surface area contributed by atoms with Gasteiger partial charge in [-0.1, -0.05) is 20.8 Å². The summed E-state index contributed by atoms with van der Waals surface area (Å²) in [4.78, 5) is 18.7. The van der Waals surface area contributed by atoms with E-state index in [2.05, 4.69) is 25.8 Å². The van der Waals surface area contributed by atoms with Crippen molar-refractivity contribution in [3.63, 3.8) is 0 Å². The molecule has 2 heterocycles. The Hall–Kier alpha value is -2.13. The zero-order valence-corrected chi connectivity index (χ0v) is 18.9.